The molecule has 3 rings (SSSR count). The highest BCUT2D eigenvalue weighted by atomic mass is 127. The summed E-state index contributed by atoms with van der Waals surface area (Å²) in [6, 6.07) is 8.22. The molecule has 2 N–H and O–H groups in total. The fourth-order valence-corrected chi connectivity index (χ4v) is 3.19. The van der Waals surface area contributed by atoms with Crippen LogP contribution in [0.4, 0.5) is 10.3 Å². The second-order valence-electron chi connectivity index (χ2n) is 3.92. The van der Waals surface area contributed by atoms with Crippen LogP contribution in [0.3, 0.4) is 0 Å². The van der Waals surface area contributed by atoms with Gasteiger partial charge >= 0.3 is 0 Å². The second-order valence-corrected chi connectivity index (χ2v) is 6.73. The molecule has 0 bridgehead atoms. The molecule has 0 aliphatic carbocycles. The van der Waals surface area contributed by atoms with Crippen LogP contribution in [0.2, 0.25) is 0 Å². The maximum atomic E-state index is 13.3. The topological polar surface area (TPSA) is 52.0 Å². The van der Waals surface area contributed by atoms with E-state index in [1.165, 1.54) is 12.1 Å². The van der Waals surface area contributed by atoms with Gasteiger partial charge in [0.2, 0.25) is 5.88 Å². The number of nitrogen functional groups attached to an aromatic ring is 1. The zero-order valence-electron chi connectivity index (χ0n) is 9.56. The molecule has 0 atom stereocenters. The van der Waals surface area contributed by atoms with Crippen molar-refractivity contribution in [2.45, 2.75) is 0 Å². The van der Waals surface area contributed by atoms with Gasteiger partial charge in [0.25, 0.3) is 0 Å². The number of nitrogens with zero attached hydrogens (tertiary/aromatic N) is 1. The molecule has 0 radical (unpaired) electrons. The first-order chi connectivity index (χ1) is 9.15. The Bertz CT molecular complexity index is 738. The van der Waals surface area contributed by atoms with Gasteiger partial charge in [-0.05, 0) is 46.4 Å². The molecule has 2 aromatic heterocycles. The number of halogens is 2. The van der Waals surface area contributed by atoms with Crippen molar-refractivity contribution in [2.75, 3.05) is 5.73 Å². The molecule has 0 unspecified atom stereocenters. The van der Waals surface area contributed by atoms with Gasteiger partial charge in [0.1, 0.15) is 11.5 Å². The smallest absolute Gasteiger partial charge is 0.230 e. The van der Waals surface area contributed by atoms with Gasteiger partial charge in [-0.25, -0.2) is 4.39 Å². The Balaban J connectivity index is 2.19. The van der Waals surface area contributed by atoms with Crippen molar-refractivity contribution in [3.05, 3.63) is 44.4 Å². The number of aromatic nitrogens is 1. The van der Waals surface area contributed by atoms with Crippen LogP contribution in [0.25, 0.3) is 22.4 Å². The first kappa shape index (κ1) is 12.6. The highest BCUT2D eigenvalue weighted by Crippen LogP contribution is 2.38. The summed E-state index contributed by atoms with van der Waals surface area (Å²) in [5, 5.41) is 5.96. The minimum atomic E-state index is -0.316. The zero-order chi connectivity index (χ0) is 13.4. The molecule has 0 saturated carbocycles. The molecule has 2 heterocycles. The fourth-order valence-electron chi connectivity index (χ4n) is 1.86. The number of nitrogens with two attached hydrogens (primary N) is 1. The van der Waals surface area contributed by atoms with E-state index in [9.17, 15) is 4.39 Å². The van der Waals surface area contributed by atoms with E-state index >= 15 is 0 Å². The second kappa shape index (κ2) is 4.93. The Morgan fingerprint density at radius 3 is 2.79 bits per heavy atom. The lowest BCUT2D eigenvalue weighted by Crippen LogP contribution is -1.87. The Morgan fingerprint density at radius 1 is 1.26 bits per heavy atom. The normalized spacial score (nSPS) is 10.8. The Labute approximate surface area is 126 Å². The molecule has 0 saturated heterocycles. The maximum Gasteiger partial charge on any atom is 0.230 e. The lowest BCUT2D eigenvalue weighted by Gasteiger charge is -2.01. The molecule has 0 fully saturated rings. The molecule has 19 heavy (non-hydrogen) atoms. The largest absolute Gasteiger partial charge is 0.367 e. The van der Waals surface area contributed by atoms with E-state index in [2.05, 4.69) is 27.7 Å². The SMILES string of the molecule is Nc1onc(-c2csc(I)c2)c1-c1cccc(F)c1. The molecule has 6 heteroatoms. The zero-order valence-corrected chi connectivity index (χ0v) is 12.5. The molecule has 0 amide bonds. The van der Waals surface area contributed by atoms with Crippen molar-refractivity contribution in [3.8, 4) is 22.4 Å². The molecule has 0 aliphatic heterocycles. The van der Waals surface area contributed by atoms with Crippen LogP contribution in [-0.4, -0.2) is 5.16 Å². The van der Waals surface area contributed by atoms with E-state index < -0.39 is 0 Å². The standard InChI is InChI=1S/C13H8FIN2OS/c14-9-3-1-2-7(4-9)11-12(17-18-13(11)16)8-5-10(15)19-6-8/h1-6H,16H2. The first-order valence-electron chi connectivity index (χ1n) is 5.40. The summed E-state index contributed by atoms with van der Waals surface area (Å²) in [4.78, 5) is 0. The van der Waals surface area contributed by atoms with Crippen molar-refractivity contribution in [1.29, 1.82) is 0 Å². The Morgan fingerprint density at radius 2 is 2.11 bits per heavy atom. The first-order valence-corrected chi connectivity index (χ1v) is 7.36. The van der Waals surface area contributed by atoms with E-state index in [0.717, 1.165) is 8.45 Å². The number of thiophene rings is 1. The molecular weight excluding hydrogens is 378 g/mol. The predicted octanol–water partition coefficient (Wildman–Crippen LogP) is 4.40. The lowest BCUT2D eigenvalue weighted by atomic mass is 10.0. The van der Waals surface area contributed by atoms with Crippen LogP contribution >= 0.6 is 33.9 Å². The molecule has 3 aromatic rings. The number of anilines is 1. The van der Waals surface area contributed by atoms with Crippen LogP contribution in [0, 0.1) is 8.70 Å². The van der Waals surface area contributed by atoms with E-state index in [0.29, 0.717) is 16.8 Å². The number of rotatable bonds is 2. The van der Waals surface area contributed by atoms with Crippen LogP contribution in [0.1, 0.15) is 0 Å². The fraction of sp³-hybridized carbons (Fsp3) is 0. The summed E-state index contributed by atoms with van der Waals surface area (Å²) in [5.74, 6) is -0.120. The quantitative estimate of drug-likeness (QED) is 0.665. The van der Waals surface area contributed by atoms with Gasteiger partial charge in [0.05, 0.1) is 8.45 Å². The average molecular weight is 386 g/mol. The van der Waals surface area contributed by atoms with Gasteiger partial charge in [-0.3, -0.25) is 0 Å². The van der Waals surface area contributed by atoms with Gasteiger partial charge in [-0.1, -0.05) is 17.3 Å². The molecule has 0 aliphatic rings. The Kier molecular flexibility index (Phi) is 3.28. The molecule has 96 valence electrons. The summed E-state index contributed by atoms with van der Waals surface area (Å²) >= 11 is 3.84. The van der Waals surface area contributed by atoms with Gasteiger partial charge in [0, 0.05) is 10.9 Å². The van der Waals surface area contributed by atoms with Crippen molar-refractivity contribution >= 4 is 39.8 Å². The monoisotopic (exact) mass is 386 g/mol. The molecule has 3 nitrogen and oxygen atoms in total. The third-order valence-electron chi connectivity index (χ3n) is 2.67. The van der Waals surface area contributed by atoms with Crippen molar-refractivity contribution < 1.29 is 8.91 Å². The summed E-state index contributed by atoms with van der Waals surface area (Å²) in [5.41, 5.74) is 8.68. The predicted molar refractivity (Wildman–Crippen MR) is 82.3 cm³/mol. The van der Waals surface area contributed by atoms with E-state index in [1.807, 2.05) is 11.4 Å². The summed E-state index contributed by atoms with van der Waals surface area (Å²) in [6.45, 7) is 0. The van der Waals surface area contributed by atoms with Crippen molar-refractivity contribution in [2.24, 2.45) is 0 Å². The number of hydrogen-bond donors (Lipinski definition) is 1. The minimum absolute atomic E-state index is 0.196. The molecule has 1 aromatic carbocycles. The van der Waals surface area contributed by atoms with Gasteiger partial charge < -0.3 is 10.3 Å². The van der Waals surface area contributed by atoms with E-state index in [-0.39, 0.29) is 11.7 Å². The van der Waals surface area contributed by atoms with Crippen molar-refractivity contribution in [1.82, 2.24) is 5.16 Å². The van der Waals surface area contributed by atoms with Crippen LogP contribution in [0.5, 0.6) is 0 Å². The van der Waals surface area contributed by atoms with Crippen molar-refractivity contribution in [3.63, 3.8) is 0 Å². The third kappa shape index (κ3) is 2.37. The highest BCUT2D eigenvalue weighted by molar-refractivity contribution is 14.1. The highest BCUT2D eigenvalue weighted by Gasteiger charge is 2.18. The van der Waals surface area contributed by atoms with Crippen LogP contribution < -0.4 is 5.73 Å². The molecular formula is C13H8FIN2OS. The van der Waals surface area contributed by atoms with Crippen LogP contribution in [-0.2, 0) is 0 Å². The summed E-state index contributed by atoms with van der Waals surface area (Å²) in [6.07, 6.45) is 0. The number of hydrogen-bond acceptors (Lipinski definition) is 4. The summed E-state index contributed by atoms with van der Waals surface area (Å²) in [7, 11) is 0. The minimum Gasteiger partial charge on any atom is -0.367 e. The average Bonchev–Trinajstić information content (AvgIpc) is 2.95. The van der Waals surface area contributed by atoms with E-state index in [1.54, 1.807) is 23.5 Å². The Hall–Kier alpha value is -1.41. The summed E-state index contributed by atoms with van der Waals surface area (Å²) < 4.78 is 19.5. The molecule has 0 spiro atoms. The van der Waals surface area contributed by atoms with Crippen LogP contribution in [0.15, 0.2) is 40.2 Å². The van der Waals surface area contributed by atoms with Gasteiger partial charge in [0.15, 0.2) is 0 Å². The lowest BCUT2D eigenvalue weighted by molar-refractivity contribution is 0.439. The van der Waals surface area contributed by atoms with Gasteiger partial charge in [-0.2, -0.15) is 0 Å². The maximum absolute atomic E-state index is 13.3. The number of benzene rings is 1. The third-order valence-corrected chi connectivity index (χ3v) is 4.46. The van der Waals surface area contributed by atoms with Gasteiger partial charge in [-0.15, -0.1) is 11.3 Å². The van der Waals surface area contributed by atoms with E-state index in [4.69, 9.17) is 10.3 Å².